The molecule has 1 aromatic heterocycles. The molecule has 1 rings (SSSR count). The van der Waals surface area contributed by atoms with E-state index in [4.69, 9.17) is 4.98 Å². The summed E-state index contributed by atoms with van der Waals surface area (Å²) in [6.07, 6.45) is 8.38. The van der Waals surface area contributed by atoms with Gasteiger partial charge in [-0.1, -0.05) is 43.7 Å². The largest absolute Gasteiger partial charge is 0.373 e. The molecule has 0 aliphatic heterocycles. The number of nitrogens with zero attached hydrogens (tertiary/aromatic N) is 2. The molecule has 0 saturated heterocycles. The van der Waals surface area contributed by atoms with Gasteiger partial charge >= 0.3 is 0 Å². The summed E-state index contributed by atoms with van der Waals surface area (Å²) in [7, 11) is 2.13. The second-order valence-electron chi connectivity index (χ2n) is 5.66. The minimum atomic E-state index is 1.00. The average molecular weight is 284 g/mol. The van der Waals surface area contributed by atoms with Crippen molar-refractivity contribution in [3.8, 4) is 0 Å². The summed E-state index contributed by atoms with van der Waals surface area (Å²) in [5.74, 6) is 0. The van der Waals surface area contributed by atoms with Gasteiger partial charge in [-0.2, -0.15) is 0 Å². The van der Waals surface area contributed by atoms with Crippen LogP contribution in [-0.4, -0.2) is 18.6 Å². The third-order valence-corrected chi connectivity index (χ3v) is 3.35. The molecule has 2 nitrogen and oxygen atoms in total. The molecule has 114 valence electrons. The minimum Gasteiger partial charge on any atom is -0.373 e. The zero-order valence-electron chi connectivity index (χ0n) is 14.1. The van der Waals surface area contributed by atoms with Crippen molar-refractivity contribution in [2.45, 2.75) is 40.5 Å². The smallest absolute Gasteiger partial charge is 0.0706 e. The summed E-state index contributed by atoms with van der Waals surface area (Å²) in [6.45, 7) is 13.3. The third-order valence-electron chi connectivity index (χ3n) is 3.35. The Labute approximate surface area is 129 Å². The van der Waals surface area contributed by atoms with Crippen LogP contribution in [0.4, 0.5) is 5.69 Å². The zero-order chi connectivity index (χ0) is 15.8. The first kappa shape index (κ1) is 17.2. The van der Waals surface area contributed by atoms with Gasteiger partial charge in [-0.15, -0.1) is 0 Å². The molecule has 0 amide bonds. The normalized spacial score (nSPS) is 11.2. The second kappa shape index (κ2) is 8.46. The second-order valence-corrected chi connectivity index (χ2v) is 5.66. The topological polar surface area (TPSA) is 16.1 Å². The Morgan fingerprint density at radius 3 is 2.57 bits per heavy atom. The minimum absolute atomic E-state index is 1.00. The van der Waals surface area contributed by atoms with Gasteiger partial charge in [0, 0.05) is 19.2 Å². The van der Waals surface area contributed by atoms with E-state index in [1.54, 1.807) is 0 Å². The Balaban J connectivity index is 3.08. The van der Waals surface area contributed by atoms with Crippen molar-refractivity contribution in [1.82, 2.24) is 4.98 Å². The van der Waals surface area contributed by atoms with E-state index >= 15 is 0 Å². The van der Waals surface area contributed by atoms with E-state index in [-0.39, 0.29) is 0 Å². The molecule has 0 bridgehead atoms. The van der Waals surface area contributed by atoms with Gasteiger partial charge in [0.15, 0.2) is 0 Å². The summed E-state index contributed by atoms with van der Waals surface area (Å²) >= 11 is 0. The van der Waals surface area contributed by atoms with Crippen LogP contribution in [0, 0.1) is 6.92 Å². The van der Waals surface area contributed by atoms with Crippen LogP contribution in [0.25, 0.3) is 5.57 Å². The Bertz CT molecular complexity index is 534. The fourth-order valence-electron chi connectivity index (χ4n) is 2.28. The number of rotatable bonds is 7. The lowest BCUT2D eigenvalue weighted by Crippen LogP contribution is -2.19. The number of hydrogen-bond acceptors (Lipinski definition) is 2. The van der Waals surface area contributed by atoms with Gasteiger partial charge in [-0.3, -0.25) is 4.98 Å². The Morgan fingerprint density at radius 2 is 2.05 bits per heavy atom. The fraction of sp³-hybridized carbons (Fsp3) is 0.421. The summed E-state index contributed by atoms with van der Waals surface area (Å²) < 4.78 is 0. The van der Waals surface area contributed by atoms with E-state index in [0.29, 0.717) is 0 Å². The molecule has 0 unspecified atom stereocenters. The highest BCUT2D eigenvalue weighted by Gasteiger charge is 2.08. The molecule has 0 saturated carbocycles. The molecule has 0 radical (unpaired) electrons. The predicted octanol–water partition coefficient (Wildman–Crippen LogP) is 5.16. The van der Waals surface area contributed by atoms with Gasteiger partial charge in [0.05, 0.1) is 17.1 Å². The maximum absolute atomic E-state index is 4.77. The van der Waals surface area contributed by atoms with Crippen LogP contribution in [0.1, 0.15) is 45.0 Å². The molecule has 0 aliphatic rings. The van der Waals surface area contributed by atoms with E-state index < -0.39 is 0 Å². The van der Waals surface area contributed by atoms with Crippen molar-refractivity contribution in [1.29, 1.82) is 0 Å². The van der Waals surface area contributed by atoms with Crippen molar-refractivity contribution in [2.75, 3.05) is 18.5 Å². The van der Waals surface area contributed by atoms with Crippen LogP contribution >= 0.6 is 0 Å². The van der Waals surface area contributed by atoms with Crippen molar-refractivity contribution in [3.05, 3.63) is 53.9 Å². The lowest BCUT2D eigenvalue weighted by Gasteiger charge is -2.21. The molecule has 0 N–H and O–H groups in total. The Hall–Kier alpha value is -1.83. The van der Waals surface area contributed by atoms with Gasteiger partial charge in [0.25, 0.3) is 0 Å². The first-order valence-electron chi connectivity index (χ1n) is 7.66. The lowest BCUT2D eigenvalue weighted by atomic mass is 10.1. The fourth-order valence-corrected chi connectivity index (χ4v) is 2.28. The first-order valence-corrected chi connectivity index (χ1v) is 7.66. The Morgan fingerprint density at radius 1 is 1.33 bits per heavy atom. The van der Waals surface area contributed by atoms with Crippen LogP contribution < -0.4 is 4.90 Å². The van der Waals surface area contributed by atoms with E-state index in [1.807, 2.05) is 12.2 Å². The van der Waals surface area contributed by atoms with E-state index in [2.05, 4.69) is 64.4 Å². The molecule has 0 aromatic carbocycles. The van der Waals surface area contributed by atoms with Gasteiger partial charge in [-0.05, 0) is 39.3 Å². The summed E-state index contributed by atoms with van der Waals surface area (Å²) in [6, 6.07) is 4.27. The van der Waals surface area contributed by atoms with Crippen molar-refractivity contribution in [3.63, 3.8) is 0 Å². The van der Waals surface area contributed by atoms with E-state index in [0.717, 1.165) is 23.5 Å². The number of anilines is 1. The summed E-state index contributed by atoms with van der Waals surface area (Å²) in [5, 5.41) is 0. The molecule has 0 spiro atoms. The van der Waals surface area contributed by atoms with Crippen LogP contribution in [-0.2, 0) is 0 Å². The highest BCUT2D eigenvalue weighted by molar-refractivity contribution is 5.74. The molecule has 2 heteroatoms. The van der Waals surface area contributed by atoms with Crippen molar-refractivity contribution < 1.29 is 0 Å². The SMILES string of the molecule is C=C/C=C(\C=C(C)C)c1ccc(N(C)CCCC)c(C)n1. The van der Waals surface area contributed by atoms with Gasteiger partial charge in [0.1, 0.15) is 0 Å². The predicted molar refractivity (Wildman–Crippen MR) is 94.8 cm³/mol. The maximum Gasteiger partial charge on any atom is 0.0706 e. The monoisotopic (exact) mass is 284 g/mol. The van der Waals surface area contributed by atoms with Crippen LogP contribution in [0.2, 0.25) is 0 Å². The van der Waals surface area contributed by atoms with Gasteiger partial charge in [0.2, 0.25) is 0 Å². The van der Waals surface area contributed by atoms with E-state index in [1.165, 1.54) is 24.1 Å². The number of pyridine rings is 1. The molecular weight excluding hydrogens is 256 g/mol. The quantitative estimate of drug-likeness (QED) is 0.643. The van der Waals surface area contributed by atoms with Crippen LogP contribution in [0.5, 0.6) is 0 Å². The molecule has 0 atom stereocenters. The van der Waals surface area contributed by atoms with E-state index in [9.17, 15) is 0 Å². The van der Waals surface area contributed by atoms with Gasteiger partial charge < -0.3 is 4.90 Å². The number of aromatic nitrogens is 1. The number of allylic oxidation sites excluding steroid dienone is 5. The Kier molecular flexibility index (Phi) is 6.93. The molecule has 1 aromatic rings. The first-order chi connectivity index (χ1) is 9.99. The number of unbranched alkanes of at least 4 members (excludes halogenated alkanes) is 1. The average Bonchev–Trinajstić information content (AvgIpc) is 2.43. The van der Waals surface area contributed by atoms with Crippen LogP contribution in [0.15, 0.2) is 42.5 Å². The lowest BCUT2D eigenvalue weighted by molar-refractivity contribution is 0.763. The third kappa shape index (κ3) is 5.22. The van der Waals surface area contributed by atoms with Crippen LogP contribution in [0.3, 0.4) is 0 Å². The van der Waals surface area contributed by atoms with Gasteiger partial charge in [-0.25, -0.2) is 0 Å². The maximum atomic E-state index is 4.77. The molecule has 0 aliphatic carbocycles. The summed E-state index contributed by atoms with van der Waals surface area (Å²) in [5.41, 5.74) is 5.65. The summed E-state index contributed by atoms with van der Waals surface area (Å²) in [4.78, 5) is 7.06. The highest BCUT2D eigenvalue weighted by atomic mass is 15.1. The molecule has 1 heterocycles. The molecule has 21 heavy (non-hydrogen) atoms. The van der Waals surface area contributed by atoms with Crippen molar-refractivity contribution >= 4 is 11.3 Å². The molecule has 0 fully saturated rings. The standard InChI is InChI=1S/C19H28N2/c1-7-9-13-21(6)19-12-11-18(20-16(19)5)17(10-8-2)14-15(3)4/h8,10-12,14H,2,7,9,13H2,1,3-6H3/b17-10+. The van der Waals surface area contributed by atoms with Crippen molar-refractivity contribution in [2.24, 2.45) is 0 Å². The number of hydrogen-bond donors (Lipinski definition) is 0. The number of aryl methyl sites for hydroxylation is 1. The zero-order valence-corrected chi connectivity index (χ0v) is 14.1. The molecular formula is C19H28N2. The highest BCUT2D eigenvalue weighted by Crippen LogP contribution is 2.22.